The molecule has 0 unspecified atom stereocenters. The average Bonchev–Trinajstić information content (AvgIpc) is 3.18. The quantitative estimate of drug-likeness (QED) is 0.723. The van der Waals surface area contributed by atoms with Gasteiger partial charge in [-0.3, -0.25) is 9.48 Å². The molecule has 0 bridgehead atoms. The molecule has 1 spiro atoms. The van der Waals surface area contributed by atoms with Crippen molar-refractivity contribution in [2.75, 3.05) is 39.8 Å². The van der Waals surface area contributed by atoms with Crippen LogP contribution in [-0.4, -0.2) is 65.3 Å². The second kappa shape index (κ2) is 9.21. The molecule has 2 aliphatic heterocycles. The normalized spacial score (nSPS) is 20.7. The Labute approximate surface area is 179 Å². The first-order valence-electron chi connectivity index (χ1n) is 11.2. The molecule has 0 atom stereocenters. The molecule has 2 aromatic rings. The van der Waals surface area contributed by atoms with Gasteiger partial charge in [-0.2, -0.15) is 5.10 Å². The van der Waals surface area contributed by atoms with Crippen molar-refractivity contribution in [1.82, 2.24) is 19.6 Å². The second-order valence-corrected chi connectivity index (χ2v) is 9.10. The smallest absolute Gasteiger partial charge is 0.257 e. The maximum absolute atomic E-state index is 12.8. The summed E-state index contributed by atoms with van der Waals surface area (Å²) < 4.78 is 7.80. The summed E-state index contributed by atoms with van der Waals surface area (Å²) in [6.07, 6.45) is 10.3. The van der Waals surface area contributed by atoms with Crippen molar-refractivity contribution in [1.29, 1.82) is 0 Å². The zero-order valence-corrected chi connectivity index (χ0v) is 18.3. The van der Waals surface area contributed by atoms with Crippen molar-refractivity contribution >= 4 is 5.91 Å². The molecule has 1 aromatic carbocycles. The van der Waals surface area contributed by atoms with Gasteiger partial charge in [0.15, 0.2) is 0 Å². The summed E-state index contributed by atoms with van der Waals surface area (Å²) in [4.78, 5) is 17.2. The van der Waals surface area contributed by atoms with Gasteiger partial charge >= 0.3 is 0 Å². The van der Waals surface area contributed by atoms with E-state index in [1.807, 2.05) is 18.1 Å². The maximum atomic E-state index is 12.8. The summed E-state index contributed by atoms with van der Waals surface area (Å²) in [6.45, 7) is 4.39. The van der Waals surface area contributed by atoms with Crippen LogP contribution in [0.2, 0.25) is 0 Å². The lowest BCUT2D eigenvalue weighted by molar-refractivity contribution is 0.0425. The lowest BCUT2D eigenvalue weighted by atomic mass is 9.73. The molecule has 6 nitrogen and oxygen atoms in total. The molecule has 1 aromatic heterocycles. The molecule has 0 aliphatic carbocycles. The third-order valence-corrected chi connectivity index (χ3v) is 6.77. The predicted molar refractivity (Wildman–Crippen MR) is 118 cm³/mol. The van der Waals surface area contributed by atoms with E-state index in [1.54, 1.807) is 10.9 Å². The number of hydrogen-bond acceptors (Lipinski definition) is 4. The van der Waals surface area contributed by atoms with Crippen LogP contribution in [0.4, 0.5) is 0 Å². The Hall–Kier alpha value is -2.34. The van der Waals surface area contributed by atoms with Gasteiger partial charge in [0.25, 0.3) is 5.91 Å². The van der Waals surface area contributed by atoms with Crippen molar-refractivity contribution in [2.24, 2.45) is 12.5 Å². The number of para-hydroxylation sites is 1. The summed E-state index contributed by atoms with van der Waals surface area (Å²) in [5.74, 6) is 1.16. The van der Waals surface area contributed by atoms with E-state index < -0.39 is 0 Å². The van der Waals surface area contributed by atoms with Gasteiger partial charge in [0.1, 0.15) is 12.4 Å². The molecule has 4 rings (SSSR count). The molecule has 1 amide bonds. The number of likely N-dealkylation sites (tertiary alicyclic amines) is 1. The number of carbonyl (C=O) groups is 1. The number of aryl methyl sites for hydroxylation is 2. The van der Waals surface area contributed by atoms with Crippen LogP contribution in [0.5, 0.6) is 5.75 Å². The number of likely N-dealkylation sites (N-methyl/N-ethyl adjacent to an activating group) is 1. The first kappa shape index (κ1) is 20.9. The van der Waals surface area contributed by atoms with E-state index in [-0.39, 0.29) is 5.91 Å². The number of fused-ring (bicyclic) bond motifs is 1. The third-order valence-electron chi connectivity index (χ3n) is 6.77. The minimum Gasteiger partial charge on any atom is -0.492 e. The molecule has 0 N–H and O–H groups in total. The molecule has 6 heteroatoms. The van der Waals surface area contributed by atoms with E-state index in [4.69, 9.17) is 4.74 Å². The van der Waals surface area contributed by atoms with Crippen LogP contribution in [0, 0.1) is 5.41 Å². The van der Waals surface area contributed by atoms with E-state index >= 15 is 0 Å². The van der Waals surface area contributed by atoms with Gasteiger partial charge < -0.3 is 14.5 Å². The number of carbonyl (C=O) groups excluding carboxylic acids is 1. The highest BCUT2D eigenvalue weighted by Gasteiger charge is 2.36. The highest BCUT2D eigenvalue weighted by Crippen LogP contribution is 2.38. The van der Waals surface area contributed by atoms with Crippen LogP contribution in [0.3, 0.4) is 0 Å². The Balaban J connectivity index is 1.40. The molecule has 0 radical (unpaired) electrons. The SMILES string of the molecule is CN1CCOc2ccccc2CCCCC2(CCN(C(=O)c3cnn(C)c3)CC2)C1. The van der Waals surface area contributed by atoms with Gasteiger partial charge in [-0.1, -0.05) is 24.6 Å². The average molecular weight is 411 g/mol. The van der Waals surface area contributed by atoms with Crippen molar-refractivity contribution in [2.45, 2.75) is 38.5 Å². The molecule has 1 saturated heterocycles. The summed E-state index contributed by atoms with van der Waals surface area (Å²) in [6, 6.07) is 8.46. The first-order valence-corrected chi connectivity index (χ1v) is 11.2. The van der Waals surface area contributed by atoms with Gasteiger partial charge in [0.05, 0.1) is 11.8 Å². The fourth-order valence-electron chi connectivity index (χ4n) is 5.02. The molecule has 30 heavy (non-hydrogen) atoms. The first-order chi connectivity index (χ1) is 14.5. The van der Waals surface area contributed by atoms with Gasteiger partial charge in [-0.25, -0.2) is 0 Å². The summed E-state index contributed by atoms with van der Waals surface area (Å²) in [7, 11) is 4.06. The van der Waals surface area contributed by atoms with Gasteiger partial charge in [0.2, 0.25) is 0 Å². The number of benzene rings is 1. The van der Waals surface area contributed by atoms with E-state index in [1.165, 1.54) is 24.8 Å². The fourth-order valence-corrected chi connectivity index (χ4v) is 5.02. The van der Waals surface area contributed by atoms with Crippen LogP contribution in [0.1, 0.15) is 48.0 Å². The van der Waals surface area contributed by atoms with Crippen LogP contribution < -0.4 is 4.74 Å². The zero-order valence-electron chi connectivity index (χ0n) is 18.3. The topological polar surface area (TPSA) is 50.6 Å². The highest BCUT2D eigenvalue weighted by atomic mass is 16.5. The summed E-state index contributed by atoms with van der Waals surface area (Å²) in [5, 5.41) is 4.15. The number of aromatic nitrogens is 2. The van der Waals surface area contributed by atoms with Crippen molar-refractivity contribution in [3.05, 3.63) is 47.8 Å². The van der Waals surface area contributed by atoms with E-state index in [0.29, 0.717) is 11.0 Å². The predicted octanol–water partition coefficient (Wildman–Crippen LogP) is 3.38. The summed E-state index contributed by atoms with van der Waals surface area (Å²) >= 11 is 0. The maximum Gasteiger partial charge on any atom is 0.257 e. The molecule has 0 saturated carbocycles. The number of rotatable bonds is 1. The minimum absolute atomic E-state index is 0.115. The molecular weight excluding hydrogens is 376 g/mol. The summed E-state index contributed by atoms with van der Waals surface area (Å²) in [5.41, 5.74) is 2.31. The van der Waals surface area contributed by atoms with Crippen molar-refractivity contribution < 1.29 is 9.53 Å². The van der Waals surface area contributed by atoms with Crippen LogP contribution in [0.15, 0.2) is 36.7 Å². The molecule has 1 fully saturated rings. The molecule has 162 valence electrons. The number of ether oxygens (including phenoxy) is 1. The van der Waals surface area contributed by atoms with Gasteiger partial charge in [-0.15, -0.1) is 0 Å². The van der Waals surface area contributed by atoms with E-state index in [2.05, 4.69) is 41.3 Å². The molecule has 2 aliphatic rings. The third kappa shape index (κ3) is 4.86. The molecular formula is C24H34N4O2. The minimum atomic E-state index is 0.115. The lowest BCUT2D eigenvalue weighted by Crippen LogP contribution is -2.48. The van der Waals surface area contributed by atoms with Crippen molar-refractivity contribution in [3.8, 4) is 5.75 Å². The number of nitrogens with zero attached hydrogens (tertiary/aromatic N) is 4. The Morgan fingerprint density at radius 3 is 2.63 bits per heavy atom. The Morgan fingerprint density at radius 1 is 1.07 bits per heavy atom. The standard InChI is InChI=1S/C24H34N4O2/c1-26-15-16-30-22-9-4-3-7-20(22)8-5-6-10-24(19-26)11-13-28(14-12-24)23(29)21-17-25-27(2)18-21/h3-4,7,9,17-18H,5-6,8,10-16,19H2,1-2H3. The highest BCUT2D eigenvalue weighted by molar-refractivity contribution is 5.93. The van der Waals surface area contributed by atoms with Crippen LogP contribution in [0.25, 0.3) is 0 Å². The van der Waals surface area contributed by atoms with Crippen LogP contribution >= 0.6 is 0 Å². The number of piperidine rings is 1. The second-order valence-electron chi connectivity index (χ2n) is 9.10. The van der Waals surface area contributed by atoms with Crippen LogP contribution in [-0.2, 0) is 13.5 Å². The Bertz CT molecular complexity index is 854. The number of amides is 1. The van der Waals surface area contributed by atoms with Gasteiger partial charge in [-0.05, 0) is 56.2 Å². The fraction of sp³-hybridized carbons (Fsp3) is 0.583. The monoisotopic (exact) mass is 410 g/mol. The lowest BCUT2D eigenvalue weighted by Gasteiger charge is -2.44. The Kier molecular flexibility index (Phi) is 6.42. The van der Waals surface area contributed by atoms with Gasteiger partial charge in [0, 0.05) is 39.4 Å². The Morgan fingerprint density at radius 2 is 1.87 bits per heavy atom. The number of hydrogen-bond donors (Lipinski definition) is 0. The van der Waals surface area contributed by atoms with Crippen molar-refractivity contribution in [3.63, 3.8) is 0 Å². The van der Waals surface area contributed by atoms with E-state index in [9.17, 15) is 4.79 Å². The zero-order chi connectivity index (χ0) is 21.0. The van der Waals surface area contributed by atoms with E-state index in [0.717, 1.165) is 57.8 Å². The molecule has 3 heterocycles. The largest absolute Gasteiger partial charge is 0.492 e.